The van der Waals surface area contributed by atoms with Crippen LogP contribution in [0.2, 0.25) is 10.0 Å². The highest BCUT2D eigenvalue weighted by molar-refractivity contribution is 6.31. The topological polar surface area (TPSA) is 42.2 Å². The van der Waals surface area contributed by atoms with Crippen molar-refractivity contribution in [3.8, 4) is 0 Å². The molecule has 2 N–H and O–H groups in total. The zero-order valence-electron chi connectivity index (χ0n) is 20.4. The molecule has 2 aromatic rings. The summed E-state index contributed by atoms with van der Waals surface area (Å²) >= 11 is 12.1. The van der Waals surface area contributed by atoms with Gasteiger partial charge in [0.25, 0.3) is 0 Å². The minimum Gasteiger partial charge on any atom is -0.323 e. The van der Waals surface area contributed by atoms with Crippen molar-refractivity contribution in [3.05, 3.63) is 68.5 Å². The summed E-state index contributed by atoms with van der Waals surface area (Å²) in [5, 5.41) is 0.406. The number of nitrogens with zero attached hydrogens (tertiary/aromatic N) is 3. The van der Waals surface area contributed by atoms with E-state index >= 15 is 0 Å². The average molecular weight is 540 g/mol. The molecule has 4 nitrogen and oxygen atoms in total. The van der Waals surface area contributed by atoms with Crippen molar-refractivity contribution in [2.24, 2.45) is 5.73 Å². The van der Waals surface area contributed by atoms with Crippen LogP contribution in [-0.4, -0.2) is 66.2 Å². The Bertz CT molecular complexity index is 1180. The number of aryl methyl sites for hydroxylation is 1. The first-order chi connectivity index (χ1) is 17.0. The number of hydrogen-bond acceptors (Lipinski definition) is 3. The van der Waals surface area contributed by atoms with Crippen LogP contribution < -0.4 is 5.73 Å². The van der Waals surface area contributed by atoms with Crippen LogP contribution in [0.5, 0.6) is 0 Å². The van der Waals surface area contributed by atoms with E-state index in [2.05, 4.69) is 29.1 Å². The van der Waals surface area contributed by atoms with E-state index in [-0.39, 0.29) is 17.1 Å². The molecule has 3 unspecified atom stereocenters. The third-order valence-electron chi connectivity index (χ3n) is 8.04. The van der Waals surface area contributed by atoms with E-state index in [1.54, 1.807) is 6.07 Å². The molecule has 194 valence electrons. The van der Waals surface area contributed by atoms with Crippen molar-refractivity contribution < 1.29 is 17.7 Å². The van der Waals surface area contributed by atoms with Crippen LogP contribution in [0.25, 0.3) is 5.57 Å². The minimum absolute atomic E-state index is 0.235. The van der Waals surface area contributed by atoms with Gasteiger partial charge in [0.15, 0.2) is 5.69 Å². The first-order valence-corrected chi connectivity index (χ1v) is 13.3. The van der Waals surface area contributed by atoms with Gasteiger partial charge in [0.2, 0.25) is 0 Å². The van der Waals surface area contributed by atoms with Gasteiger partial charge in [-0.2, -0.15) is 13.2 Å². The highest BCUT2D eigenvalue weighted by atomic mass is 35.5. The normalized spacial score (nSPS) is 26.4. The molecule has 1 fully saturated rings. The summed E-state index contributed by atoms with van der Waals surface area (Å²) in [4.78, 5) is 6.35. The number of quaternary nitrogens is 1. The van der Waals surface area contributed by atoms with E-state index in [0.29, 0.717) is 12.1 Å². The number of likely N-dealkylation sites (tertiary alicyclic amines) is 1. The average Bonchev–Trinajstić information content (AvgIpc) is 3.34. The molecule has 0 spiro atoms. The highest BCUT2D eigenvalue weighted by Gasteiger charge is 2.42. The van der Waals surface area contributed by atoms with Crippen molar-refractivity contribution in [1.82, 2.24) is 9.88 Å². The van der Waals surface area contributed by atoms with Gasteiger partial charge in [-0.15, -0.1) is 0 Å². The lowest BCUT2D eigenvalue weighted by atomic mass is 9.91. The number of hydrogen-bond donors (Lipinski definition) is 1. The van der Waals surface area contributed by atoms with Gasteiger partial charge in [-0.1, -0.05) is 29.3 Å². The Labute approximate surface area is 220 Å². The van der Waals surface area contributed by atoms with E-state index in [4.69, 9.17) is 28.9 Å². The van der Waals surface area contributed by atoms with E-state index in [0.717, 1.165) is 67.9 Å². The summed E-state index contributed by atoms with van der Waals surface area (Å²) in [6.45, 7) is 4.76. The number of fused-ring (bicyclic) bond motifs is 2. The van der Waals surface area contributed by atoms with Crippen molar-refractivity contribution >= 4 is 28.8 Å². The third-order valence-corrected chi connectivity index (χ3v) is 8.58. The SMILES string of the molecule is C[N+]1(CC2C3=C(CCN2CCCc2ccc(Cl)c(C(F)(F)F)n2)c2cc(Cl)ccc2C3)CCC(N)C1. The number of benzene rings is 1. The second kappa shape index (κ2) is 9.91. The van der Waals surface area contributed by atoms with E-state index in [1.807, 2.05) is 6.07 Å². The molecule has 9 heteroatoms. The van der Waals surface area contributed by atoms with Gasteiger partial charge in [-0.3, -0.25) is 4.90 Å². The Morgan fingerprint density at radius 3 is 2.72 bits per heavy atom. The lowest BCUT2D eigenvalue weighted by Gasteiger charge is -2.42. The summed E-state index contributed by atoms with van der Waals surface area (Å²) in [6, 6.07) is 9.62. The molecular weight excluding hydrogens is 508 g/mol. The fourth-order valence-corrected chi connectivity index (χ4v) is 6.69. The number of aromatic nitrogens is 1. The Balaban J connectivity index is 1.34. The summed E-state index contributed by atoms with van der Waals surface area (Å²) in [7, 11) is 2.30. The Kier molecular flexibility index (Phi) is 7.16. The molecule has 1 saturated heterocycles. The molecule has 3 atom stereocenters. The van der Waals surface area contributed by atoms with Gasteiger partial charge in [0.05, 0.1) is 43.8 Å². The van der Waals surface area contributed by atoms with Crippen LogP contribution in [0.15, 0.2) is 35.9 Å². The number of nitrogens with two attached hydrogens (primary N) is 1. The van der Waals surface area contributed by atoms with Crippen molar-refractivity contribution in [2.75, 3.05) is 39.8 Å². The first-order valence-electron chi connectivity index (χ1n) is 12.6. The lowest BCUT2D eigenvalue weighted by molar-refractivity contribution is -0.899. The number of alkyl halides is 3. The zero-order chi connectivity index (χ0) is 25.7. The van der Waals surface area contributed by atoms with Crippen LogP contribution in [0.4, 0.5) is 13.2 Å². The maximum absolute atomic E-state index is 13.2. The van der Waals surface area contributed by atoms with Gasteiger partial charge < -0.3 is 10.2 Å². The molecule has 0 saturated carbocycles. The molecule has 1 aromatic carbocycles. The summed E-state index contributed by atoms with van der Waals surface area (Å²) in [6.07, 6.45) is -0.420. The Morgan fingerprint density at radius 2 is 2.00 bits per heavy atom. The van der Waals surface area contributed by atoms with Crippen LogP contribution in [0.3, 0.4) is 0 Å². The number of likely N-dealkylation sites (N-methyl/N-ethyl adjacent to an activating group) is 1. The molecule has 0 bridgehead atoms. The molecule has 36 heavy (non-hydrogen) atoms. The third kappa shape index (κ3) is 5.32. The van der Waals surface area contributed by atoms with E-state index < -0.39 is 11.9 Å². The number of pyridine rings is 1. The maximum atomic E-state index is 13.2. The van der Waals surface area contributed by atoms with Crippen LogP contribution >= 0.6 is 23.2 Å². The lowest BCUT2D eigenvalue weighted by Crippen LogP contribution is -2.55. The second-order valence-corrected chi connectivity index (χ2v) is 11.6. The van der Waals surface area contributed by atoms with Crippen LogP contribution in [0, 0.1) is 0 Å². The van der Waals surface area contributed by atoms with Gasteiger partial charge in [-0.05, 0) is 78.8 Å². The minimum atomic E-state index is -4.55. The summed E-state index contributed by atoms with van der Waals surface area (Å²) in [5.74, 6) is 0. The van der Waals surface area contributed by atoms with Crippen molar-refractivity contribution in [2.45, 2.75) is 50.4 Å². The molecule has 5 rings (SSSR count). The van der Waals surface area contributed by atoms with Crippen molar-refractivity contribution in [1.29, 1.82) is 0 Å². The van der Waals surface area contributed by atoms with Crippen LogP contribution in [0.1, 0.15) is 41.8 Å². The zero-order valence-corrected chi connectivity index (χ0v) is 21.9. The Morgan fingerprint density at radius 1 is 1.19 bits per heavy atom. The molecule has 2 aliphatic heterocycles. The van der Waals surface area contributed by atoms with E-state index in [9.17, 15) is 13.2 Å². The fraction of sp³-hybridized carbons (Fsp3) is 0.519. The molecule has 0 radical (unpaired) electrons. The smallest absolute Gasteiger partial charge is 0.323 e. The van der Waals surface area contributed by atoms with Gasteiger partial charge in [0.1, 0.15) is 0 Å². The summed E-state index contributed by atoms with van der Waals surface area (Å²) in [5.41, 5.74) is 11.2. The summed E-state index contributed by atoms with van der Waals surface area (Å²) < 4.78 is 40.6. The number of halogens is 5. The predicted octanol–water partition coefficient (Wildman–Crippen LogP) is 5.60. The molecule has 0 amide bonds. The largest absolute Gasteiger partial charge is 0.434 e. The molecule has 3 heterocycles. The first kappa shape index (κ1) is 26.0. The Hall–Kier alpha value is -1.64. The molecule has 1 aliphatic carbocycles. The van der Waals surface area contributed by atoms with Gasteiger partial charge >= 0.3 is 6.18 Å². The monoisotopic (exact) mass is 539 g/mol. The second-order valence-electron chi connectivity index (χ2n) is 10.8. The van der Waals surface area contributed by atoms with Gasteiger partial charge in [0, 0.05) is 23.7 Å². The molecule has 3 aliphatic rings. The molecule has 1 aromatic heterocycles. The standard InChI is InChI=1S/C27H32Cl2F3N4/c1-36(12-9-19(33)15-36)16-25-23-13-17-4-5-18(28)14-22(17)21(23)8-11-35(25)10-2-3-20-6-7-24(29)26(34-20)27(30,31)32/h4-7,14,19,25H,2-3,8-13,15-16,33H2,1H3/q+1. The van der Waals surface area contributed by atoms with Crippen LogP contribution in [-0.2, 0) is 19.0 Å². The van der Waals surface area contributed by atoms with E-state index in [1.165, 1.54) is 28.3 Å². The molecular formula is C27H32Cl2F3N4+. The van der Waals surface area contributed by atoms with Crippen molar-refractivity contribution in [3.63, 3.8) is 0 Å². The highest BCUT2D eigenvalue weighted by Crippen LogP contribution is 2.43. The van der Waals surface area contributed by atoms with Gasteiger partial charge in [-0.25, -0.2) is 4.98 Å². The predicted molar refractivity (Wildman–Crippen MR) is 138 cm³/mol. The fourth-order valence-electron chi connectivity index (χ4n) is 6.30. The number of rotatable bonds is 6. The quantitative estimate of drug-likeness (QED) is 0.485. The maximum Gasteiger partial charge on any atom is 0.434 e.